The maximum absolute atomic E-state index is 12.8. The van der Waals surface area contributed by atoms with Crippen molar-refractivity contribution < 1.29 is 18.7 Å². The minimum Gasteiger partial charge on any atom is -0.456 e. The third kappa shape index (κ3) is 6.97. The zero-order valence-corrected chi connectivity index (χ0v) is 14.7. The number of rotatable bonds is 8. The Kier molecular flexibility index (Phi) is 7.47. The van der Waals surface area contributed by atoms with E-state index >= 15 is 0 Å². The number of ether oxygens (including phenoxy) is 1. The van der Waals surface area contributed by atoms with Crippen LogP contribution in [0.25, 0.3) is 0 Å². The van der Waals surface area contributed by atoms with E-state index in [4.69, 9.17) is 4.74 Å². The maximum Gasteiger partial charge on any atom is 0.307 e. The summed E-state index contributed by atoms with van der Waals surface area (Å²) in [5.74, 6) is -0.556. The molecule has 0 unspecified atom stereocenters. The minimum absolute atomic E-state index is 0.151. The fourth-order valence-electron chi connectivity index (χ4n) is 2.11. The first-order valence-electron chi connectivity index (χ1n) is 7.93. The second-order valence-electron chi connectivity index (χ2n) is 5.41. The highest BCUT2D eigenvalue weighted by Crippen LogP contribution is 2.19. The van der Waals surface area contributed by atoms with Crippen LogP contribution in [0.5, 0.6) is 0 Å². The van der Waals surface area contributed by atoms with E-state index in [1.165, 1.54) is 23.9 Å². The van der Waals surface area contributed by atoms with Crippen molar-refractivity contribution in [1.82, 2.24) is 5.32 Å². The molecule has 0 saturated carbocycles. The highest BCUT2D eigenvalue weighted by atomic mass is 32.2. The van der Waals surface area contributed by atoms with E-state index in [2.05, 4.69) is 5.32 Å². The molecule has 2 aromatic rings. The largest absolute Gasteiger partial charge is 0.456 e. The van der Waals surface area contributed by atoms with Crippen molar-refractivity contribution in [1.29, 1.82) is 0 Å². The van der Waals surface area contributed by atoms with Crippen molar-refractivity contribution in [2.75, 3.05) is 12.4 Å². The highest BCUT2D eigenvalue weighted by molar-refractivity contribution is 7.99. The van der Waals surface area contributed by atoms with Gasteiger partial charge >= 0.3 is 5.97 Å². The highest BCUT2D eigenvalue weighted by Gasteiger charge is 2.11. The normalized spacial score (nSPS) is 11.6. The van der Waals surface area contributed by atoms with Gasteiger partial charge in [-0.25, -0.2) is 4.39 Å². The molecule has 1 atom stereocenters. The van der Waals surface area contributed by atoms with E-state index in [-0.39, 0.29) is 30.8 Å². The molecule has 0 saturated heterocycles. The fraction of sp³-hybridized carbons (Fsp3) is 0.263. The van der Waals surface area contributed by atoms with Gasteiger partial charge in [0, 0.05) is 10.6 Å². The van der Waals surface area contributed by atoms with Gasteiger partial charge in [0.05, 0.1) is 12.5 Å². The number of benzene rings is 2. The van der Waals surface area contributed by atoms with E-state index in [9.17, 15) is 14.0 Å². The van der Waals surface area contributed by atoms with E-state index < -0.39 is 5.97 Å². The summed E-state index contributed by atoms with van der Waals surface area (Å²) < 4.78 is 17.8. The first kappa shape index (κ1) is 19.0. The van der Waals surface area contributed by atoms with Gasteiger partial charge in [0.25, 0.3) is 5.91 Å². The van der Waals surface area contributed by atoms with Crippen LogP contribution in [0.4, 0.5) is 4.39 Å². The molecule has 1 amide bonds. The number of esters is 1. The first-order chi connectivity index (χ1) is 12.0. The summed E-state index contributed by atoms with van der Waals surface area (Å²) in [5.41, 5.74) is 0.984. The third-order valence-corrected chi connectivity index (χ3v) is 4.44. The summed E-state index contributed by atoms with van der Waals surface area (Å²) in [7, 11) is 0. The summed E-state index contributed by atoms with van der Waals surface area (Å²) in [5, 5.41) is 2.78. The van der Waals surface area contributed by atoms with Crippen molar-refractivity contribution in [2.24, 2.45) is 0 Å². The van der Waals surface area contributed by atoms with Gasteiger partial charge in [0.2, 0.25) is 0 Å². The van der Waals surface area contributed by atoms with Crippen molar-refractivity contribution in [3.8, 4) is 0 Å². The lowest BCUT2D eigenvalue weighted by molar-refractivity contribution is -0.148. The molecule has 0 fully saturated rings. The Hall–Kier alpha value is -2.34. The van der Waals surface area contributed by atoms with Crippen LogP contribution in [-0.2, 0) is 14.3 Å². The minimum atomic E-state index is -0.433. The van der Waals surface area contributed by atoms with Gasteiger partial charge in [0.1, 0.15) is 5.82 Å². The van der Waals surface area contributed by atoms with Gasteiger partial charge in [-0.05, 0) is 36.8 Å². The number of nitrogens with one attached hydrogen (secondary N) is 1. The average Bonchev–Trinajstić information content (AvgIpc) is 2.62. The van der Waals surface area contributed by atoms with Crippen LogP contribution in [0.2, 0.25) is 0 Å². The van der Waals surface area contributed by atoms with Gasteiger partial charge in [-0.2, -0.15) is 0 Å². The van der Waals surface area contributed by atoms with Gasteiger partial charge in [-0.1, -0.05) is 30.3 Å². The standard InChI is InChI=1S/C19H20FNO3S/c1-14(15-5-3-2-4-6-15)21-18(22)13-24-19(23)11-12-25-17-9-7-16(20)8-10-17/h2-10,14H,11-13H2,1H3,(H,21,22)/t14-/m0/s1. The molecule has 6 heteroatoms. The molecule has 4 nitrogen and oxygen atoms in total. The second-order valence-corrected chi connectivity index (χ2v) is 6.58. The molecule has 0 aliphatic rings. The van der Waals surface area contributed by atoms with Crippen LogP contribution < -0.4 is 5.32 Å². The Balaban J connectivity index is 1.64. The van der Waals surface area contributed by atoms with Crippen LogP contribution in [0.1, 0.15) is 24.9 Å². The lowest BCUT2D eigenvalue weighted by atomic mass is 10.1. The molecule has 0 aromatic heterocycles. The number of amides is 1. The smallest absolute Gasteiger partial charge is 0.307 e. The van der Waals surface area contributed by atoms with Crippen LogP contribution in [0, 0.1) is 5.82 Å². The fourth-order valence-corrected chi connectivity index (χ4v) is 2.94. The number of hydrogen-bond acceptors (Lipinski definition) is 4. The number of thioether (sulfide) groups is 1. The lowest BCUT2D eigenvalue weighted by Crippen LogP contribution is -2.31. The molecule has 1 N–H and O–H groups in total. The van der Waals surface area contributed by atoms with Gasteiger partial charge in [-0.3, -0.25) is 9.59 Å². The van der Waals surface area contributed by atoms with Crippen molar-refractivity contribution in [2.45, 2.75) is 24.3 Å². The SMILES string of the molecule is C[C@H](NC(=O)COC(=O)CCSc1ccc(F)cc1)c1ccccc1. The summed E-state index contributed by atoms with van der Waals surface area (Å²) >= 11 is 1.43. The summed E-state index contributed by atoms with van der Waals surface area (Å²) in [6, 6.07) is 15.5. The van der Waals surface area contributed by atoms with Gasteiger partial charge in [-0.15, -0.1) is 11.8 Å². The zero-order chi connectivity index (χ0) is 18.1. The Labute approximate surface area is 150 Å². The monoisotopic (exact) mass is 361 g/mol. The van der Waals surface area contributed by atoms with Crippen LogP contribution >= 0.6 is 11.8 Å². The van der Waals surface area contributed by atoms with Crippen LogP contribution in [0.15, 0.2) is 59.5 Å². The molecule has 0 heterocycles. The average molecular weight is 361 g/mol. The quantitative estimate of drug-likeness (QED) is 0.575. The molecule has 0 bridgehead atoms. The van der Waals surface area contributed by atoms with E-state index in [1.807, 2.05) is 37.3 Å². The Bertz CT molecular complexity index is 692. The van der Waals surface area contributed by atoms with Gasteiger partial charge < -0.3 is 10.1 Å². The number of carbonyl (C=O) groups is 2. The molecule has 2 aromatic carbocycles. The predicted molar refractivity (Wildman–Crippen MR) is 95.7 cm³/mol. The maximum atomic E-state index is 12.8. The van der Waals surface area contributed by atoms with E-state index in [0.29, 0.717) is 5.75 Å². The molecule has 2 rings (SSSR count). The number of hydrogen-bond donors (Lipinski definition) is 1. The molecule has 0 radical (unpaired) electrons. The van der Waals surface area contributed by atoms with E-state index in [0.717, 1.165) is 10.5 Å². The molecule has 132 valence electrons. The second kappa shape index (κ2) is 9.84. The Morgan fingerprint density at radius 3 is 2.48 bits per heavy atom. The van der Waals surface area contributed by atoms with Crippen molar-refractivity contribution in [3.05, 3.63) is 66.0 Å². The number of carbonyl (C=O) groups excluding carboxylic acids is 2. The first-order valence-corrected chi connectivity index (χ1v) is 8.91. The molecular formula is C19H20FNO3S. The summed E-state index contributed by atoms with van der Waals surface area (Å²) in [4.78, 5) is 24.4. The third-order valence-electron chi connectivity index (χ3n) is 3.43. The van der Waals surface area contributed by atoms with Gasteiger partial charge in [0.15, 0.2) is 6.61 Å². The van der Waals surface area contributed by atoms with E-state index in [1.54, 1.807) is 12.1 Å². The number of halogens is 1. The predicted octanol–water partition coefficient (Wildman–Crippen LogP) is 3.73. The van der Waals surface area contributed by atoms with Crippen molar-refractivity contribution >= 4 is 23.6 Å². The molecule has 25 heavy (non-hydrogen) atoms. The lowest BCUT2D eigenvalue weighted by Gasteiger charge is -2.14. The topological polar surface area (TPSA) is 55.4 Å². The molecular weight excluding hydrogens is 341 g/mol. The molecule has 0 aliphatic heterocycles. The van der Waals surface area contributed by atoms with Crippen molar-refractivity contribution in [3.63, 3.8) is 0 Å². The van der Waals surface area contributed by atoms with Crippen LogP contribution in [-0.4, -0.2) is 24.2 Å². The Morgan fingerprint density at radius 1 is 1.12 bits per heavy atom. The summed E-state index contributed by atoms with van der Waals surface area (Å²) in [6.07, 6.45) is 0.184. The summed E-state index contributed by atoms with van der Waals surface area (Å²) in [6.45, 7) is 1.58. The van der Waals surface area contributed by atoms with Crippen LogP contribution in [0.3, 0.4) is 0 Å². The zero-order valence-electron chi connectivity index (χ0n) is 13.9. The Morgan fingerprint density at radius 2 is 1.80 bits per heavy atom. The molecule has 0 aliphatic carbocycles. The molecule has 0 spiro atoms.